The molecule has 194 valence electrons. The molecule has 4 aromatic rings. The molecule has 4 aliphatic rings. The molecule has 1 amide bonds. The van der Waals surface area contributed by atoms with Crippen LogP contribution >= 0.6 is 0 Å². The molecule has 1 spiro atoms. The summed E-state index contributed by atoms with van der Waals surface area (Å²) in [7, 11) is 0. The Morgan fingerprint density at radius 2 is 1.64 bits per heavy atom. The molecule has 4 aromatic carbocycles. The van der Waals surface area contributed by atoms with E-state index in [2.05, 4.69) is 10.2 Å². The molecule has 0 radical (unpaired) electrons. The highest BCUT2D eigenvalue weighted by atomic mass is 16.6. The zero-order chi connectivity index (χ0) is 26.4. The molecule has 2 fully saturated rings. The first-order valence-electron chi connectivity index (χ1n) is 13.6. The molecule has 2 saturated heterocycles. The number of ether oxygens (including phenoxy) is 1. The summed E-state index contributed by atoms with van der Waals surface area (Å²) in [6, 6.07) is 28.7. The van der Waals surface area contributed by atoms with Crippen molar-refractivity contribution < 1.29 is 14.5 Å². The van der Waals surface area contributed by atoms with Crippen LogP contribution < -0.4 is 10.1 Å². The first-order chi connectivity index (χ1) is 19.1. The Kier molecular flexibility index (Phi) is 4.60. The lowest BCUT2D eigenvalue weighted by atomic mass is 9.62. The third-order valence-corrected chi connectivity index (χ3v) is 9.62. The van der Waals surface area contributed by atoms with Crippen LogP contribution in [0, 0.1) is 10.1 Å². The molecule has 5 atom stereocenters. The van der Waals surface area contributed by atoms with Crippen LogP contribution in [0.25, 0.3) is 10.8 Å². The van der Waals surface area contributed by atoms with Gasteiger partial charge in [-0.25, -0.2) is 0 Å². The van der Waals surface area contributed by atoms with Crippen molar-refractivity contribution in [2.24, 2.45) is 0 Å². The summed E-state index contributed by atoms with van der Waals surface area (Å²) in [5, 5.41) is 18.9. The van der Waals surface area contributed by atoms with Gasteiger partial charge in [0.1, 0.15) is 11.3 Å². The first-order valence-corrected chi connectivity index (χ1v) is 13.6. The predicted octanol–water partition coefficient (Wildman–Crippen LogP) is 5.79. The molecule has 0 bridgehead atoms. The molecule has 1 unspecified atom stereocenters. The quantitative estimate of drug-likeness (QED) is 0.269. The third kappa shape index (κ3) is 2.63. The van der Waals surface area contributed by atoms with E-state index in [-0.39, 0.29) is 10.8 Å². The second-order valence-corrected chi connectivity index (χ2v) is 11.2. The number of amides is 1. The van der Waals surface area contributed by atoms with Gasteiger partial charge in [-0.05, 0) is 35.7 Å². The van der Waals surface area contributed by atoms with Gasteiger partial charge in [0.05, 0.1) is 12.0 Å². The Morgan fingerprint density at radius 1 is 0.897 bits per heavy atom. The van der Waals surface area contributed by atoms with Crippen molar-refractivity contribution in [1.82, 2.24) is 4.90 Å². The van der Waals surface area contributed by atoms with E-state index in [1.807, 2.05) is 91.0 Å². The zero-order valence-electron chi connectivity index (χ0n) is 21.2. The van der Waals surface area contributed by atoms with Crippen molar-refractivity contribution in [3.05, 3.63) is 118 Å². The SMILES string of the molecule is O=C1Nc2ccccc2[C@@]12[C@H]1c3ccccc3O[C@H](c3cccc4ccccc34)[C@@]1([N+](=O)[O-])C1CCCCN12. The monoisotopic (exact) mass is 517 g/mol. The van der Waals surface area contributed by atoms with Gasteiger partial charge >= 0.3 is 0 Å². The predicted molar refractivity (Wildman–Crippen MR) is 147 cm³/mol. The number of carbonyl (C=O) groups is 1. The number of hydrogen-bond donors (Lipinski definition) is 1. The van der Waals surface area contributed by atoms with Crippen LogP contribution in [0.3, 0.4) is 0 Å². The number of nitrogens with zero attached hydrogens (tertiary/aromatic N) is 2. The van der Waals surface area contributed by atoms with E-state index in [1.54, 1.807) is 0 Å². The minimum absolute atomic E-state index is 0.0913. The molecule has 4 heterocycles. The Morgan fingerprint density at radius 3 is 2.54 bits per heavy atom. The first kappa shape index (κ1) is 22.7. The van der Waals surface area contributed by atoms with Crippen LogP contribution in [0.5, 0.6) is 5.75 Å². The standard InChI is InChI=1S/C32H27N3O4/c36-30-31(24-15-4-5-16-25(24)33-30)28-23-13-3-6-17-26(23)39-29(22-14-9-11-20-10-1-2-12-21(20)22)32(28,35(37)38)27-18-7-8-19-34(27)31/h1-6,9-17,27-29H,7-8,18-19H2,(H,33,36)/t27?,28-,29-,31-,32-/m1/s1. The van der Waals surface area contributed by atoms with Crippen molar-refractivity contribution in [2.45, 2.75) is 48.4 Å². The Bertz CT molecular complexity index is 1680. The maximum absolute atomic E-state index is 14.4. The molecule has 1 N–H and O–H groups in total. The van der Waals surface area contributed by atoms with Crippen molar-refractivity contribution in [3.8, 4) is 5.75 Å². The Hall–Kier alpha value is -4.23. The van der Waals surface area contributed by atoms with Crippen LogP contribution in [-0.2, 0) is 10.3 Å². The smallest absolute Gasteiger partial charge is 0.287 e. The van der Waals surface area contributed by atoms with Crippen molar-refractivity contribution in [1.29, 1.82) is 0 Å². The summed E-state index contributed by atoms with van der Waals surface area (Å²) >= 11 is 0. The van der Waals surface area contributed by atoms with Crippen LogP contribution in [0.1, 0.15) is 48.0 Å². The van der Waals surface area contributed by atoms with E-state index >= 15 is 0 Å². The van der Waals surface area contributed by atoms with Crippen molar-refractivity contribution in [3.63, 3.8) is 0 Å². The van der Waals surface area contributed by atoms with Crippen molar-refractivity contribution in [2.75, 3.05) is 11.9 Å². The van der Waals surface area contributed by atoms with Gasteiger partial charge in [0.2, 0.25) is 0 Å². The summed E-state index contributed by atoms with van der Waals surface area (Å²) in [6.07, 6.45) is 1.49. The summed E-state index contributed by atoms with van der Waals surface area (Å²) in [5.41, 5.74) is 0.275. The molecule has 4 aliphatic heterocycles. The molecule has 8 rings (SSSR count). The number of rotatable bonds is 2. The Labute approximate surface area is 225 Å². The largest absolute Gasteiger partial charge is 0.478 e. The fraction of sp³-hybridized carbons (Fsp3) is 0.281. The highest BCUT2D eigenvalue weighted by Crippen LogP contribution is 2.69. The van der Waals surface area contributed by atoms with E-state index in [0.717, 1.165) is 46.0 Å². The summed E-state index contributed by atoms with van der Waals surface area (Å²) in [4.78, 5) is 30.3. The zero-order valence-corrected chi connectivity index (χ0v) is 21.2. The summed E-state index contributed by atoms with van der Waals surface area (Å²) in [5.74, 6) is -0.326. The normalized spacial score (nSPS) is 30.7. The number of carbonyl (C=O) groups excluding carboxylic acids is 1. The van der Waals surface area contributed by atoms with Gasteiger partial charge in [0, 0.05) is 33.8 Å². The van der Waals surface area contributed by atoms with Gasteiger partial charge in [-0.1, -0.05) is 85.3 Å². The summed E-state index contributed by atoms with van der Waals surface area (Å²) in [6.45, 7) is 0.614. The average molecular weight is 518 g/mol. The Balaban J connectivity index is 1.51. The minimum Gasteiger partial charge on any atom is -0.478 e. The van der Waals surface area contributed by atoms with Crippen LogP contribution in [0.2, 0.25) is 0 Å². The lowest BCUT2D eigenvalue weighted by Gasteiger charge is -2.44. The van der Waals surface area contributed by atoms with Gasteiger partial charge in [0.15, 0.2) is 6.10 Å². The number of fused-ring (bicyclic) bond motifs is 10. The van der Waals surface area contributed by atoms with E-state index < -0.39 is 29.1 Å². The number of nitrogens with one attached hydrogen (secondary N) is 1. The van der Waals surface area contributed by atoms with Gasteiger partial charge in [0.25, 0.3) is 11.4 Å². The van der Waals surface area contributed by atoms with Crippen LogP contribution in [0.15, 0.2) is 91.0 Å². The fourth-order valence-corrected chi connectivity index (χ4v) is 8.33. The average Bonchev–Trinajstić information content (AvgIpc) is 3.43. The van der Waals surface area contributed by atoms with Gasteiger partial charge in [-0.3, -0.25) is 19.8 Å². The van der Waals surface area contributed by atoms with E-state index in [1.165, 1.54) is 0 Å². The number of piperidine rings is 1. The number of para-hydroxylation sites is 2. The molecular formula is C32H27N3O4. The minimum atomic E-state index is -1.59. The molecule has 0 saturated carbocycles. The highest BCUT2D eigenvalue weighted by molar-refractivity contribution is 6.07. The molecule has 0 aromatic heterocycles. The molecule has 7 heteroatoms. The fourth-order valence-electron chi connectivity index (χ4n) is 8.33. The topological polar surface area (TPSA) is 84.7 Å². The lowest BCUT2D eigenvalue weighted by molar-refractivity contribution is -0.592. The maximum atomic E-state index is 14.4. The van der Waals surface area contributed by atoms with E-state index in [9.17, 15) is 14.9 Å². The second-order valence-electron chi connectivity index (χ2n) is 11.2. The van der Waals surface area contributed by atoms with Crippen LogP contribution in [0.4, 0.5) is 5.69 Å². The van der Waals surface area contributed by atoms with Gasteiger partial charge in [-0.15, -0.1) is 0 Å². The summed E-state index contributed by atoms with van der Waals surface area (Å²) < 4.78 is 6.78. The number of nitro groups is 1. The van der Waals surface area contributed by atoms with Crippen LogP contribution in [-0.4, -0.2) is 33.9 Å². The number of hydrogen-bond acceptors (Lipinski definition) is 5. The lowest BCUT2D eigenvalue weighted by Crippen LogP contribution is -2.60. The molecule has 39 heavy (non-hydrogen) atoms. The molecule has 0 aliphatic carbocycles. The van der Waals surface area contributed by atoms with E-state index in [0.29, 0.717) is 18.7 Å². The second kappa shape index (κ2) is 7.90. The van der Waals surface area contributed by atoms with Gasteiger partial charge in [-0.2, -0.15) is 0 Å². The molecule has 7 nitrogen and oxygen atoms in total. The maximum Gasteiger partial charge on any atom is 0.287 e. The third-order valence-electron chi connectivity index (χ3n) is 9.62. The number of anilines is 1. The highest BCUT2D eigenvalue weighted by Gasteiger charge is 2.83. The van der Waals surface area contributed by atoms with E-state index in [4.69, 9.17) is 4.74 Å². The van der Waals surface area contributed by atoms with Gasteiger partial charge < -0.3 is 10.1 Å². The number of benzene rings is 4. The van der Waals surface area contributed by atoms with Crippen molar-refractivity contribution >= 4 is 22.4 Å². The molecular weight excluding hydrogens is 490 g/mol.